The number of oxazole rings is 1. The number of hydrogen-bond acceptors (Lipinski definition) is 5. The first-order valence-corrected chi connectivity index (χ1v) is 13.0. The van der Waals surface area contributed by atoms with Crippen molar-refractivity contribution in [1.82, 2.24) is 9.88 Å². The van der Waals surface area contributed by atoms with E-state index in [1.165, 1.54) is 12.1 Å². The number of piperidine rings is 1. The van der Waals surface area contributed by atoms with Gasteiger partial charge in [0.25, 0.3) is 0 Å². The van der Waals surface area contributed by atoms with E-state index in [4.69, 9.17) is 9.15 Å². The quantitative estimate of drug-likeness (QED) is 0.304. The first-order valence-electron chi connectivity index (χ1n) is 13.0. The van der Waals surface area contributed by atoms with Gasteiger partial charge >= 0.3 is 0 Å². The Morgan fingerprint density at radius 1 is 0.973 bits per heavy atom. The molecule has 0 bridgehead atoms. The third-order valence-electron chi connectivity index (χ3n) is 7.40. The summed E-state index contributed by atoms with van der Waals surface area (Å²) in [6.07, 6.45) is 3.90. The van der Waals surface area contributed by atoms with E-state index >= 15 is 0 Å². The van der Waals surface area contributed by atoms with E-state index in [9.17, 15) is 9.50 Å². The van der Waals surface area contributed by atoms with Crippen LogP contribution in [0, 0.1) is 17.7 Å². The van der Waals surface area contributed by atoms with Gasteiger partial charge in [0.05, 0.1) is 19.3 Å². The van der Waals surface area contributed by atoms with Gasteiger partial charge in [-0.2, -0.15) is 0 Å². The van der Waals surface area contributed by atoms with E-state index in [1.807, 2.05) is 60.7 Å². The molecule has 192 valence electrons. The molecule has 1 aromatic heterocycles. The lowest BCUT2D eigenvalue weighted by molar-refractivity contribution is 0.0652. The summed E-state index contributed by atoms with van der Waals surface area (Å²) in [7, 11) is 0. The summed E-state index contributed by atoms with van der Waals surface area (Å²) in [5, 5.41) is 11.9. The van der Waals surface area contributed by atoms with Crippen molar-refractivity contribution in [3.8, 4) is 5.75 Å². The number of hydrogen-bond donors (Lipinski definition) is 1. The number of benzene rings is 3. The van der Waals surface area contributed by atoms with Gasteiger partial charge in [-0.1, -0.05) is 74.0 Å². The second-order valence-corrected chi connectivity index (χ2v) is 9.79. The Morgan fingerprint density at radius 2 is 1.62 bits per heavy atom. The standard InChI is InChI=1S/C31H33FN2O3/c1-2-23-17-18-34(20-24(23)22-36-28-15-13-27(32)14-16-28)21-29-19-33-30(37-29)31(35,25-9-5-3-6-10-25)26-11-7-4-8-12-26/h3-16,19,23-24,35H,2,17-18,20-22H2,1H3. The van der Waals surface area contributed by atoms with Gasteiger partial charge < -0.3 is 14.3 Å². The molecule has 1 N–H and O–H groups in total. The van der Waals surface area contributed by atoms with Crippen LogP contribution in [0.2, 0.25) is 0 Å². The topological polar surface area (TPSA) is 58.7 Å². The minimum Gasteiger partial charge on any atom is -0.493 e. The lowest BCUT2D eigenvalue weighted by atomic mass is 9.84. The maximum atomic E-state index is 13.2. The molecular weight excluding hydrogens is 467 g/mol. The normalized spacial score (nSPS) is 18.6. The molecule has 5 rings (SSSR count). The van der Waals surface area contributed by atoms with Crippen LogP contribution in [0.3, 0.4) is 0 Å². The van der Waals surface area contributed by atoms with Gasteiger partial charge in [-0.15, -0.1) is 0 Å². The number of likely N-dealkylation sites (tertiary alicyclic amines) is 1. The number of aromatic nitrogens is 1. The lowest BCUT2D eigenvalue weighted by Gasteiger charge is -2.37. The fourth-order valence-electron chi connectivity index (χ4n) is 5.30. The fourth-order valence-corrected chi connectivity index (χ4v) is 5.30. The fraction of sp³-hybridized carbons (Fsp3) is 0.323. The first kappa shape index (κ1) is 25.2. The monoisotopic (exact) mass is 500 g/mol. The molecule has 4 aromatic rings. The molecule has 6 heteroatoms. The van der Waals surface area contributed by atoms with Gasteiger partial charge in [-0.25, -0.2) is 9.37 Å². The minimum absolute atomic E-state index is 0.263. The Balaban J connectivity index is 1.31. The van der Waals surface area contributed by atoms with Gasteiger partial charge in [0.15, 0.2) is 5.60 Å². The van der Waals surface area contributed by atoms with E-state index in [0.717, 1.165) is 25.9 Å². The smallest absolute Gasteiger partial charge is 0.236 e. The highest BCUT2D eigenvalue weighted by atomic mass is 19.1. The van der Waals surface area contributed by atoms with E-state index in [1.54, 1.807) is 18.3 Å². The van der Waals surface area contributed by atoms with Crippen molar-refractivity contribution in [3.05, 3.63) is 120 Å². The Morgan fingerprint density at radius 3 is 2.24 bits per heavy atom. The summed E-state index contributed by atoms with van der Waals surface area (Å²) in [5.41, 5.74) is -0.0747. The lowest BCUT2D eigenvalue weighted by Crippen LogP contribution is -2.42. The van der Waals surface area contributed by atoms with Crippen molar-refractivity contribution in [2.75, 3.05) is 19.7 Å². The van der Waals surface area contributed by atoms with Crippen LogP contribution in [0.25, 0.3) is 0 Å². The number of ether oxygens (including phenoxy) is 1. The Bertz CT molecular complexity index is 1220. The second kappa shape index (κ2) is 11.3. The molecule has 2 atom stereocenters. The SMILES string of the molecule is CCC1CCN(Cc2cnc(C(O)(c3ccccc3)c3ccccc3)o2)CC1COc1ccc(F)cc1. The van der Waals surface area contributed by atoms with Crippen molar-refractivity contribution < 1.29 is 18.7 Å². The van der Waals surface area contributed by atoms with E-state index in [2.05, 4.69) is 16.8 Å². The molecule has 0 saturated carbocycles. The number of rotatable bonds is 9. The van der Waals surface area contributed by atoms with Crippen molar-refractivity contribution in [1.29, 1.82) is 0 Å². The largest absolute Gasteiger partial charge is 0.493 e. The summed E-state index contributed by atoms with van der Waals surface area (Å²) in [6.45, 7) is 5.25. The summed E-state index contributed by atoms with van der Waals surface area (Å²) in [6, 6.07) is 25.2. The molecule has 0 spiro atoms. The zero-order valence-electron chi connectivity index (χ0n) is 21.1. The van der Waals surface area contributed by atoms with E-state index < -0.39 is 5.60 Å². The predicted molar refractivity (Wildman–Crippen MR) is 141 cm³/mol. The summed E-state index contributed by atoms with van der Waals surface area (Å²) in [4.78, 5) is 6.90. The molecule has 5 nitrogen and oxygen atoms in total. The Kier molecular flexibility index (Phi) is 7.68. The van der Waals surface area contributed by atoms with Crippen LogP contribution in [0.4, 0.5) is 4.39 Å². The average molecular weight is 501 g/mol. The van der Waals surface area contributed by atoms with E-state index in [0.29, 0.717) is 47.6 Å². The van der Waals surface area contributed by atoms with E-state index in [-0.39, 0.29) is 11.7 Å². The molecule has 0 aliphatic carbocycles. The molecule has 1 fully saturated rings. The van der Waals surface area contributed by atoms with Crippen LogP contribution in [-0.4, -0.2) is 34.7 Å². The molecule has 1 saturated heterocycles. The minimum atomic E-state index is -1.48. The third kappa shape index (κ3) is 5.60. The van der Waals surface area contributed by atoms with Crippen LogP contribution in [-0.2, 0) is 12.1 Å². The zero-order chi connectivity index (χ0) is 25.7. The molecule has 2 heterocycles. The van der Waals surface area contributed by atoms with Crippen LogP contribution in [0.15, 0.2) is 95.5 Å². The van der Waals surface area contributed by atoms with Crippen LogP contribution in [0.5, 0.6) is 5.75 Å². The predicted octanol–water partition coefficient (Wildman–Crippen LogP) is 6.03. The van der Waals surface area contributed by atoms with Crippen LogP contribution >= 0.6 is 0 Å². The summed E-state index contributed by atoms with van der Waals surface area (Å²) < 4.78 is 25.5. The van der Waals surface area contributed by atoms with Crippen molar-refractivity contribution >= 4 is 0 Å². The summed E-state index contributed by atoms with van der Waals surface area (Å²) >= 11 is 0. The van der Waals surface area contributed by atoms with Gasteiger partial charge in [-0.05, 0) is 54.3 Å². The first-order chi connectivity index (χ1) is 18.1. The van der Waals surface area contributed by atoms with Crippen LogP contribution < -0.4 is 4.74 Å². The van der Waals surface area contributed by atoms with Gasteiger partial charge in [0.2, 0.25) is 5.89 Å². The summed E-state index contributed by atoms with van der Waals surface area (Å²) in [5.74, 6) is 2.34. The highest BCUT2D eigenvalue weighted by Crippen LogP contribution is 2.36. The molecule has 0 radical (unpaired) electrons. The molecule has 2 unspecified atom stereocenters. The zero-order valence-corrected chi connectivity index (χ0v) is 21.1. The average Bonchev–Trinajstić information content (AvgIpc) is 3.42. The maximum Gasteiger partial charge on any atom is 0.236 e. The maximum absolute atomic E-state index is 13.2. The Hall–Kier alpha value is -3.48. The molecular formula is C31H33FN2O3. The highest BCUT2D eigenvalue weighted by molar-refractivity contribution is 5.41. The Labute approximate surface area is 217 Å². The molecule has 37 heavy (non-hydrogen) atoms. The number of nitrogens with zero attached hydrogens (tertiary/aromatic N) is 2. The van der Waals surface area contributed by atoms with Gasteiger partial charge in [-0.3, -0.25) is 4.90 Å². The number of halogens is 1. The third-order valence-corrected chi connectivity index (χ3v) is 7.40. The molecule has 3 aromatic carbocycles. The van der Waals surface area contributed by atoms with Crippen molar-refractivity contribution in [2.45, 2.75) is 31.9 Å². The highest BCUT2D eigenvalue weighted by Gasteiger charge is 2.39. The molecule has 1 aliphatic rings. The van der Waals surface area contributed by atoms with Crippen LogP contribution in [0.1, 0.15) is 42.5 Å². The number of aliphatic hydroxyl groups is 1. The molecule has 0 amide bonds. The van der Waals surface area contributed by atoms with Gasteiger partial charge in [0, 0.05) is 12.5 Å². The van der Waals surface area contributed by atoms with Crippen molar-refractivity contribution in [3.63, 3.8) is 0 Å². The molecule has 1 aliphatic heterocycles. The second-order valence-electron chi connectivity index (χ2n) is 9.79. The van der Waals surface area contributed by atoms with Gasteiger partial charge in [0.1, 0.15) is 17.3 Å². The van der Waals surface area contributed by atoms with Crippen molar-refractivity contribution in [2.24, 2.45) is 11.8 Å².